The number of likely N-dealkylation sites (tertiary alicyclic amines) is 1. The van der Waals surface area contributed by atoms with Crippen molar-refractivity contribution in [1.29, 1.82) is 0 Å². The van der Waals surface area contributed by atoms with Crippen LogP contribution in [0.3, 0.4) is 0 Å². The second-order valence-electron chi connectivity index (χ2n) is 6.58. The average molecular weight is 269 g/mol. The van der Waals surface area contributed by atoms with Crippen molar-refractivity contribution < 1.29 is 9.90 Å². The van der Waals surface area contributed by atoms with E-state index in [4.69, 9.17) is 0 Å². The van der Waals surface area contributed by atoms with E-state index < -0.39 is 11.4 Å². The minimum atomic E-state index is -0.651. The third-order valence-corrected chi connectivity index (χ3v) is 4.66. The Hall–Kier alpha value is -0.570. The summed E-state index contributed by atoms with van der Waals surface area (Å²) in [6, 6.07) is 0. The van der Waals surface area contributed by atoms with Gasteiger partial charge in [0.05, 0.1) is 5.41 Å². The van der Waals surface area contributed by atoms with Crippen LogP contribution in [-0.4, -0.2) is 35.6 Å². The van der Waals surface area contributed by atoms with Crippen LogP contribution >= 0.6 is 0 Å². The molecule has 19 heavy (non-hydrogen) atoms. The number of nitrogens with zero attached hydrogens (tertiary/aromatic N) is 1. The van der Waals surface area contributed by atoms with Gasteiger partial charge in [0.15, 0.2) is 0 Å². The van der Waals surface area contributed by atoms with Crippen molar-refractivity contribution in [2.75, 3.05) is 19.6 Å². The minimum absolute atomic E-state index is 0.300. The SMILES string of the molecule is CCCCCCCN1CCCC(C(C)(C)C(=O)O)C1. The maximum atomic E-state index is 11.3. The van der Waals surface area contributed by atoms with E-state index in [0.717, 1.165) is 32.5 Å². The van der Waals surface area contributed by atoms with Gasteiger partial charge in [-0.3, -0.25) is 4.79 Å². The van der Waals surface area contributed by atoms with Gasteiger partial charge >= 0.3 is 5.97 Å². The lowest BCUT2D eigenvalue weighted by molar-refractivity contribution is -0.151. The molecule has 3 heteroatoms. The van der Waals surface area contributed by atoms with Crippen LogP contribution in [0.5, 0.6) is 0 Å². The van der Waals surface area contributed by atoms with E-state index in [1.165, 1.54) is 32.1 Å². The molecule has 0 aliphatic carbocycles. The first-order chi connectivity index (χ1) is 8.98. The maximum Gasteiger partial charge on any atom is 0.309 e. The van der Waals surface area contributed by atoms with Gasteiger partial charge < -0.3 is 10.0 Å². The molecule has 1 aliphatic rings. The van der Waals surface area contributed by atoms with Gasteiger partial charge in [0.2, 0.25) is 0 Å². The third-order valence-electron chi connectivity index (χ3n) is 4.66. The Labute approximate surface area is 118 Å². The molecule has 1 saturated heterocycles. The van der Waals surface area contributed by atoms with Crippen LogP contribution < -0.4 is 0 Å². The molecule has 1 heterocycles. The molecule has 0 saturated carbocycles. The van der Waals surface area contributed by atoms with Gasteiger partial charge in [0.1, 0.15) is 0 Å². The van der Waals surface area contributed by atoms with Gasteiger partial charge in [-0.25, -0.2) is 0 Å². The maximum absolute atomic E-state index is 11.3. The van der Waals surface area contributed by atoms with Gasteiger partial charge in [-0.1, -0.05) is 32.6 Å². The fourth-order valence-corrected chi connectivity index (χ4v) is 2.96. The van der Waals surface area contributed by atoms with Gasteiger partial charge in [-0.2, -0.15) is 0 Å². The number of aliphatic carboxylic acids is 1. The molecule has 0 bridgehead atoms. The van der Waals surface area contributed by atoms with Crippen molar-refractivity contribution in [3.63, 3.8) is 0 Å². The number of rotatable bonds is 8. The number of hydrogen-bond acceptors (Lipinski definition) is 2. The fourth-order valence-electron chi connectivity index (χ4n) is 2.96. The molecule has 1 aliphatic heterocycles. The van der Waals surface area contributed by atoms with Crippen molar-refractivity contribution >= 4 is 5.97 Å². The summed E-state index contributed by atoms with van der Waals surface area (Å²) in [5, 5.41) is 9.33. The zero-order valence-corrected chi connectivity index (χ0v) is 13.0. The number of piperidine rings is 1. The van der Waals surface area contributed by atoms with Crippen LogP contribution in [0.4, 0.5) is 0 Å². The summed E-state index contributed by atoms with van der Waals surface area (Å²) in [4.78, 5) is 13.8. The fraction of sp³-hybridized carbons (Fsp3) is 0.938. The number of carbonyl (C=O) groups is 1. The predicted molar refractivity (Wildman–Crippen MR) is 79.3 cm³/mol. The molecule has 1 fully saturated rings. The summed E-state index contributed by atoms with van der Waals surface area (Å²) in [5.74, 6) is -0.350. The van der Waals surface area contributed by atoms with Crippen molar-refractivity contribution in [3.8, 4) is 0 Å². The third kappa shape index (κ3) is 5.13. The summed E-state index contributed by atoms with van der Waals surface area (Å²) in [6.07, 6.45) is 8.77. The summed E-state index contributed by atoms with van der Waals surface area (Å²) in [7, 11) is 0. The van der Waals surface area contributed by atoms with Gasteiger partial charge in [-0.05, 0) is 52.1 Å². The van der Waals surface area contributed by atoms with E-state index in [9.17, 15) is 9.90 Å². The van der Waals surface area contributed by atoms with Crippen molar-refractivity contribution in [3.05, 3.63) is 0 Å². The number of hydrogen-bond donors (Lipinski definition) is 1. The topological polar surface area (TPSA) is 40.5 Å². The van der Waals surface area contributed by atoms with E-state index in [0.29, 0.717) is 5.92 Å². The van der Waals surface area contributed by atoms with E-state index in [1.807, 2.05) is 13.8 Å². The molecule has 1 atom stereocenters. The number of carboxylic acids is 1. The molecule has 1 N–H and O–H groups in total. The largest absolute Gasteiger partial charge is 0.481 e. The highest BCUT2D eigenvalue weighted by Gasteiger charge is 2.38. The van der Waals surface area contributed by atoms with Crippen LogP contribution in [0.2, 0.25) is 0 Å². The predicted octanol–water partition coefficient (Wildman–Crippen LogP) is 3.78. The van der Waals surface area contributed by atoms with Crippen LogP contribution in [0.1, 0.15) is 65.7 Å². The molecule has 0 aromatic carbocycles. The first-order valence-electron chi connectivity index (χ1n) is 7.94. The van der Waals surface area contributed by atoms with E-state index in [1.54, 1.807) is 0 Å². The number of unbranched alkanes of at least 4 members (excludes halogenated alkanes) is 4. The lowest BCUT2D eigenvalue weighted by Gasteiger charge is -2.39. The van der Waals surface area contributed by atoms with Crippen LogP contribution in [0, 0.1) is 11.3 Å². The quantitative estimate of drug-likeness (QED) is 0.682. The normalized spacial score (nSPS) is 21.5. The lowest BCUT2D eigenvalue weighted by Crippen LogP contribution is -2.44. The summed E-state index contributed by atoms with van der Waals surface area (Å²) < 4.78 is 0. The highest BCUT2D eigenvalue weighted by atomic mass is 16.4. The van der Waals surface area contributed by atoms with Crippen LogP contribution in [0.15, 0.2) is 0 Å². The Kier molecular flexibility index (Phi) is 6.84. The Balaban J connectivity index is 2.32. The lowest BCUT2D eigenvalue weighted by atomic mass is 9.74. The molecule has 0 aromatic rings. The monoisotopic (exact) mass is 269 g/mol. The molecule has 0 spiro atoms. The summed E-state index contributed by atoms with van der Waals surface area (Å²) in [5.41, 5.74) is -0.582. The Morgan fingerprint density at radius 1 is 1.26 bits per heavy atom. The second kappa shape index (κ2) is 7.88. The highest BCUT2D eigenvalue weighted by Crippen LogP contribution is 2.34. The summed E-state index contributed by atoms with van der Waals surface area (Å²) >= 11 is 0. The standard InChI is InChI=1S/C16H31NO2/c1-4-5-6-7-8-11-17-12-9-10-14(13-17)16(2,3)15(18)19/h14H,4-13H2,1-3H3,(H,18,19). The molecule has 0 radical (unpaired) electrons. The molecule has 3 nitrogen and oxygen atoms in total. The molecular formula is C16H31NO2. The highest BCUT2D eigenvalue weighted by molar-refractivity contribution is 5.74. The first-order valence-corrected chi connectivity index (χ1v) is 7.94. The summed E-state index contributed by atoms with van der Waals surface area (Å²) in [6.45, 7) is 9.27. The zero-order chi connectivity index (χ0) is 14.3. The molecule has 112 valence electrons. The second-order valence-corrected chi connectivity index (χ2v) is 6.58. The zero-order valence-electron chi connectivity index (χ0n) is 13.0. The van der Waals surface area contributed by atoms with Gasteiger partial charge in [0, 0.05) is 6.54 Å². The molecule has 0 aromatic heterocycles. The van der Waals surface area contributed by atoms with Crippen molar-refractivity contribution in [2.24, 2.45) is 11.3 Å². The first kappa shape index (κ1) is 16.5. The van der Waals surface area contributed by atoms with Crippen molar-refractivity contribution in [2.45, 2.75) is 65.7 Å². The van der Waals surface area contributed by atoms with E-state index in [2.05, 4.69) is 11.8 Å². The Morgan fingerprint density at radius 3 is 2.58 bits per heavy atom. The molecule has 0 amide bonds. The van der Waals surface area contributed by atoms with E-state index >= 15 is 0 Å². The molecule has 1 unspecified atom stereocenters. The minimum Gasteiger partial charge on any atom is -0.481 e. The molecular weight excluding hydrogens is 238 g/mol. The van der Waals surface area contributed by atoms with Crippen molar-refractivity contribution in [1.82, 2.24) is 4.90 Å². The van der Waals surface area contributed by atoms with Gasteiger partial charge in [-0.15, -0.1) is 0 Å². The number of carboxylic acid groups (broad SMARTS) is 1. The van der Waals surface area contributed by atoms with Crippen LogP contribution in [0.25, 0.3) is 0 Å². The van der Waals surface area contributed by atoms with E-state index in [-0.39, 0.29) is 0 Å². The Bertz CT molecular complexity index is 276. The smallest absolute Gasteiger partial charge is 0.309 e. The molecule has 1 rings (SSSR count). The van der Waals surface area contributed by atoms with Crippen LogP contribution in [-0.2, 0) is 4.79 Å². The Morgan fingerprint density at radius 2 is 1.95 bits per heavy atom. The average Bonchev–Trinajstić information content (AvgIpc) is 2.38. The van der Waals surface area contributed by atoms with Gasteiger partial charge in [0.25, 0.3) is 0 Å².